The number of rotatable bonds is 10. The number of carbonyl (C=O) groups excluding carboxylic acids is 2. The van der Waals surface area contributed by atoms with Gasteiger partial charge in [-0.3, -0.25) is 19.5 Å². The van der Waals surface area contributed by atoms with Gasteiger partial charge < -0.3 is 24.8 Å². The Bertz CT molecular complexity index is 1610. The fourth-order valence-corrected chi connectivity index (χ4v) is 5.40. The molecule has 1 aliphatic carbocycles. The van der Waals surface area contributed by atoms with Crippen molar-refractivity contribution >= 4 is 34.1 Å². The number of aromatic nitrogens is 1. The van der Waals surface area contributed by atoms with Gasteiger partial charge in [0.1, 0.15) is 16.9 Å². The Labute approximate surface area is 244 Å². The molecule has 1 saturated heterocycles. The first-order chi connectivity index (χ1) is 20.5. The highest BCUT2D eigenvalue weighted by Crippen LogP contribution is 2.47. The van der Waals surface area contributed by atoms with Gasteiger partial charge in [0.25, 0.3) is 0 Å². The van der Waals surface area contributed by atoms with E-state index in [1.165, 1.54) is 12.8 Å². The predicted octanol–water partition coefficient (Wildman–Crippen LogP) is 6.00. The van der Waals surface area contributed by atoms with Gasteiger partial charge >= 0.3 is 0 Å². The lowest BCUT2D eigenvalue weighted by molar-refractivity contribution is -0.131. The Balaban J connectivity index is 1.09. The molecule has 6 rings (SSSR count). The van der Waals surface area contributed by atoms with E-state index >= 15 is 0 Å². The van der Waals surface area contributed by atoms with Crippen LogP contribution in [0.3, 0.4) is 0 Å². The summed E-state index contributed by atoms with van der Waals surface area (Å²) in [5.74, 6) is 1.79. The number of nitrogens with one attached hydrogen (secondary N) is 2. The van der Waals surface area contributed by atoms with E-state index in [4.69, 9.17) is 14.2 Å². The van der Waals surface area contributed by atoms with Crippen LogP contribution in [0, 0.1) is 5.41 Å². The number of ether oxygens (including phenoxy) is 3. The van der Waals surface area contributed by atoms with Crippen LogP contribution >= 0.6 is 0 Å². The number of nitrogens with zero attached hydrogens (tertiary/aromatic N) is 2. The van der Waals surface area contributed by atoms with Gasteiger partial charge in [-0.25, -0.2) is 0 Å². The summed E-state index contributed by atoms with van der Waals surface area (Å²) < 4.78 is 17.0. The molecule has 0 bridgehead atoms. The standard InChI is InChI=1S/C33H34N4O5/c1-40-29-19-26-27(20-30(29)41-2)34-15-12-28(26)42-25-10-8-23(9-11-25)35-31(38)33(13-14-33)32(39)36-24-7-5-6-22(18-24)21-37-16-3-4-17-37/h5-12,15,18-20H,3-4,13-14,16-17,21H2,1-2H3,(H,35,38)(H,36,39). The summed E-state index contributed by atoms with van der Waals surface area (Å²) in [6, 6.07) is 20.4. The number of pyridine rings is 1. The first-order valence-corrected chi connectivity index (χ1v) is 14.2. The Morgan fingerprint density at radius 3 is 2.21 bits per heavy atom. The predicted molar refractivity (Wildman–Crippen MR) is 161 cm³/mol. The van der Waals surface area contributed by atoms with Crippen molar-refractivity contribution in [3.63, 3.8) is 0 Å². The zero-order valence-corrected chi connectivity index (χ0v) is 23.8. The molecule has 1 aromatic heterocycles. The molecule has 9 heteroatoms. The zero-order valence-electron chi connectivity index (χ0n) is 23.8. The van der Waals surface area contributed by atoms with E-state index in [1.54, 1.807) is 56.8 Å². The van der Waals surface area contributed by atoms with E-state index in [-0.39, 0.29) is 11.8 Å². The number of carbonyl (C=O) groups is 2. The molecule has 2 aliphatic rings. The first kappa shape index (κ1) is 27.5. The lowest BCUT2D eigenvalue weighted by Gasteiger charge is -2.17. The van der Waals surface area contributed by atoms with Crippen LogP contribution in [0.15, 0.2) is 72.9 Å². The normalized spacial score (nSPS) is 15.7. The second-order valence-electron chi connectivity index (χ2n) is 10.8. The fraction of sp³-hybridized carbons (Fsp3) is 0.303. The molecule has 2 heterocycles. The smallest absolute Gasteiger partial charge is 0.240 e. The molecule has 0 unspecified atom stereocenters. The summed E-state index contributed by atoms with van der Waals surface area (Å²) in [6.45, 7) is 3.09. The van der Waals surface area contributed by atoms with Gasteiger partial charge in [0.05, 0.1) is 19.7 Å². The van der Waals surface area contributed by atoms with Crippen LogP contribution in [0.4, 0.5) is 11.4 Å². The van der Waals surface area contributed by atoms with Crippen LogP contribution < -0.4 is 24.8 Å². The molecular weight excluding hydrogens is 532 g/mol. The van der Waals surface area contributed by atoms with Crippen molar-refractivity contribution in [3.8, 4) is 23.0 Å². The van der Waals surface area contributed by atoms with Gasteiger partial charge in [-0.15, -0.1) is 0 Å². The number of amides is 2. The fourth-order valence-electron chi connectivity index (χ4n) is 5.40. The minimum Gasteiger partial charge on any atom is -0.493 e. The van der Waals surface area contributed by atoms with E-state index in [0.29, 0.717) is 47.0 Å². The lowest BCUT2D eigenvalue weighted by Crippen LogP contribution is -2.35. The van der Waals surface area contributed by atoms with Crippen LogP contribution in [0.5, 0.6) is 23.0 Å². The van der Waals surface area contributed by atoms with E-state index in [1.807, 2.05) is 24.3 Å². The summed E-state index contributed by atoms with van der Waals surface area (Å²) in [5, 5.41) is 6.67. The number of anilines is 2. The minimum absolute atomic E-state index is 0.269. The highest BCUT2D eigenvalue weighted by molar-refractivity contribution is 6.16. The second-order valence-corrected chi connectivity index (χ2v) is 10.8. The maximum Gasteiger partial charge on any atom is 0.240 e. The number of benzene rings is 3. The second kappa shape index (κ2) is 11.7. The number of methoxy groups -OCH3 is 2. The molecule has 4 aromatic rings. The van der Waals surface area contributed by atoms with Crippen molar-refractivity contribution < 1.29 is 23.8 Å². The number of fused-ring (bicyclic) bond motifs is 1. The van der Waals surface area contributed by atoms with Crippen molar-refractivity contribution in [3.05, 3.63) is 78.5 Å². The van der Waals surface area contributed by atoms with Crippen LogP contribution in [-0.2, 0) is 16.1 Å². The highest BCUT2D eigenvalue weighted by atomic mass is 16.5. The highest BCUT2D eigenvalue weighted by Gasteiger charge is 2.56. The number of hydrogen-bond acceptors (Lipinski definition) is 7. The molecule has 2 N–H and O–H groups in total. The van der Waals surface area contributed by atoms with E-state index in [2.05, 4.69) is 26.6 Å². The zero-order chi connectivity index (χ0) is 29.1. The van der Waals surface area contributed by atoms with Gasteiger partial charge in [0, 0.05) is 35.6 Å². The Hall–Kier alpha value is -4.63. The molecule has 1 saturated carbocycles. The first-order valence-electron chi connectivity index (χ1n) is 14.2. The molecule has 3 aromatic carbocycles. The van der Waals surface area contributed by atoms with Crippen molar-refractivity contribution in [1.82, 2.24) is 9.88 Å². The Kier molecular flexibility index (Phi) is 7.67. The third-order valence-corrected chi connectivity index (χ3v) is 7.96. The molecular formula is C33H34N4O5. The molecule has 9 nitrogen and oxygen atoms in total. The minimum atomic E-state index is -1.06. The monoisotopic (exact) mass is 566 g/mol. The van der Waals surface area contributed by atoms with Crippen molar-refractivity contribution in [2.24, 2.45) is 5.41 Å². The van der Waals surface area contributed by atoms with Crippen molar-refractivity contribution in [2.45, 2.75) is 32.2 Å². The summed E-state index contributed by atoms with van der Waals surface area (Å²) >= 11 is 0. The topological polar surface area (TPSA) is 102 Å². The van der Waals surface area contributed by atoms with Crippen LogP contribution in [-0.4, -0.2) is 49.0 Å². The number of likely N-dealkylation sites (tertiary alicyclic amines) is 1. The Morgan fingerprint density at radius 2 is 1.52 bits per heavy atom. The van der Waals surface area contributed by atoms with Gasteiger partial charge in [-0.05, 0) is 92.9 Å². The molecule has 216 valence electrons. The van der Waals surface area contributed by atoms with Gasteiger partial charge in [-0.2, -0.15) is 0 Å². The molecule has 0 radical (unpaired) electrons. The average Bonchev–Trinajstić information content (AvgIpc) is 3.68. The Morgan fingerprint density at radius 1 is 0.833 bits per heavy atom. The van der Waals surface area contributed by atoms with Crippen LogP contribution in [0.1, 0.15) is 31.2 Å². The maximum absolute atomic E-state index is 13.2. The van der Waals surface area contributed by atoms with Crippen LogP contribution in [0.2, 0.25) is 0 Å². The van der Waals surface area contributed by atoms with Crippen LogP contribution in [0.25, 0.3) is 10.9 Å². The maximum atomic E-state index is 13.2. The summed E-state index contributed by atoms with van der Waals surface area (Å²) in [7, 11) is 3.16. The van der Waals surface area contributed by atoms with E-state index < -0.39 is 5.41 Å². The van der Waals surface area contributed by atoms with Gasteiger partial charge in [-0.1, -0.05) is 12.1 Å². The largest absolute Gasteiger partial charge is 0.493 e. The molecule has 42 heavy (non-hydrogen) atoms. The van der Waals surface area contributed by atoms with E-state index in [9.17, 15) is 9.59 Å². The third-order valence-electron chi connectivity index (χ3n) is 7.96. The van der Waals surface area contributed by atoms with Crippen molar-refractivity contribution in [1.29, 1.82) is 0 Å². The quantitative estimate of drug-likeness (QED) is 0.227. The lowest BCUT2D eigenvalue weighted by atomic mass is 10.0. The molecule has 0 spiro atoms. The van der Waals surface area contributed by atoms with Gasteiger partial charge in [0.15, 0.2) is 11.5 Å². The SMILES string of the molecule is COc1cc2nccc(Oc3ccc(NC(=O)C4(C(=O)Nc5cccc(CN6CCCC6)c5)CC4)cc3)c2cc1OC. The number of hydrogen-bond donors (Lipinski definition) is 2. The molecule has 2 amide bonds. The van der Waals surface area contributed by atoms with E-state index in [0.717, 1.165) is 36.3 Å². The average molecular weight is 567 g/mol. The summed E-state index contributed by atoms with van der Waals surface area (Å²) in [5.41, 5.74) is 2.11. The molecule has 2 fully saturated rings. The summed E-state index contributed by atoms with van der Waals surface area (Å²) in [6.07, 6.45) is 5.17. The molecule has 1 aliphatic heterocycles. The molecule has 0 atom stereocenters. The summed E-state index contributed by atoms with van der Waals surface area (Å²) in [4.78, 5) is 33.3. The van der Waals surface area contributed by atoms with Crippen molar-refractivity contribution in [2.75, 3.05) is 37.9 Å². The van der Waals surface area contributed by atoms with Gasteiger partial charge in [0.2, 0.25) is 11.8 Å². The third kappa shape index (κ3) is 5.73.